The smallest absolute Gasteiger partial charge is 0.253 e. The van der Waals surface area contributed by atoms with Gasteiger partial charge in [-0.15, -0.1) is 0 Å². The van der Waals surface area contributed by atoms with Crippen LogP contribution in [-0.2, 0) is 9.59 Å². The highest BCUT2D eigenvalue weighted by Gasteiger charge is 2.35. The Morgan fingerprint density at radius 2 is 1.85 bits per heavy atom. The van der Waals surface area contributed by atoms with Crippen molar-refractivity contribution in [3.05, 3.63) is 12.2 Å². The molecule has 2 aliphatic heterocycles. The lowest BCUT2D eigenvalue weighted by molar-refractivity contribution is -0.136. The molecular formula is C8H9N3O2. The SMILES string of the molecule is CC1(CCN2C(=O)C=CC2=O)N=N1. The van der Waals surface area contributed by atoms with Crippen molar-refractivity contribution in [2.45, 2.75) is 19.0 Å². The summed E-state index contributed by atoms with van der Waals surface area (Å²) in [5, 5.41) is 7.60. The van der Waals surface area contributed by atoms with E-state index >= 15 is 0 Å². The van der Waals surface area contributed by atoms with Gasteiger partial charge >= 0.3 is 0 Å². The molecule has 0 fully saturated rings. The number of hydrogen-bond acceptors (Lipinski definition) is 4. The molecule has 0 atom stereocenters. The second-order valence-electron chi connectivity index (χ2n) is 3.33. The zero-order chi connectivity index (χ0) is 9.47. The van der Waals surface area contributed by atoms with Gasteiger partial charge in [0.25, 0.3) is 11.8 Å². The average Bonchev–Trinajstić information content (AvgIpc) is 2.72. The fourth-order valence-corrected chi connectivity index (χ4v) is 1.16. The zero-order valence-electron chi connectivity index (χ0n) is 7.23. The first-order valence-electron chi connectivity index (χ1n) is 4.08. The van der Waals surface area contributed by atoms with Gasteiger partial charge in [-0.05, 0) is 6.92 Å². The molecule has 0 radical (unpaired) electrons. The summed E-state index contributed by atoms with van der Waals surface area (Å²) in [5.41, 5.74) is -0.344. The Balaban J connectivity index is 1.88. The Hall–Kier alpha value is -1.52. The monoisotopic (exact) mass is 179 g/mol. The predicted octanol–water partition coefficient (Wildman–Crippen LogP) is 0.484. The van der Waals surface area contributed by atoms with E-state index in [9.17, 15) is 9.59 Å². The maximum atomic E-state index is 11.1. The third kappa shape index (κ3) is 1.49. The maximum Gasteiger partial charge on any atom is 0.253 e. The number of nitrogens with zero attached hydrogens (tertiary/aromatic N) is 3. The minimum atomic E-state index is -0.344. The van der Waals surface area contributed by atoms with E-state index in [0.29, 0.717) is 13.0 Å². The molecule has 5 nitrogen and oxygen atoms in total. The first-order valence-corrected chi connectivity index (χ1v) is 4.08. The van der Waals surface area contributed by atoms with Crippen LogP contribution in [0.5, 0.6) is 0 Å². The first kappa shape index (κ1) is 8.10. The molecule has 0 bridgehead atoms. The van der Waals surface area contributed by atoms with E-state index in [0.717, 1.165) is 0 Å². The topological polar surface area (TPSA) is 62.1 Å². The third-order valence-electron chi connectivity index (χ3n) is 2.15. The van der Waals surface area contributed by atoms with Crippen LogP contribution < -0.4 is 0 Å². The lowest BCUT2D eigenvalue weighted by Crippen LogP contribution is -2.32. The Morgan fingerprint density at radius 3 is 2.31 bits per heavy atom. The van der Waals surface area contributed by atoms with Crippen LogP contribution in [0.1, 0.15) is 13.3 Å². The highest BCUT2D eigenvalue weighted by Crippen LogP contribution is 2.31. The van der Waals surface area contributed by atoms with Crippen molar-refractivity contribution in [1.29, 1.82) is 0 Å². The summed E-state index contributed by atoms with van der Waals surface area (Å²) in [6, 6.07) is 0. The van der Waals surface area contributed by atoms with E-state index < -0.39 is 0 Å². The van der Waals surface area contributed by atoms with Gasteiger partial charge in [-0.3, -0.25) is 14.5 Å². The van der Waals surface area contributed by atoms with Gasteiger partial charge in [0, 0.05) is 25.1 Å². The van der Waals surface area contributed by atoms with Gasteiger partial charge in [-0.1, -0.05) is 0 Å². The molecule has 0 saturated carbocycles. The standard InChI is InChI=1S/C8H9N3O2/c1-8(9-10-8)4-5-11-6(12)2-3-7(11)13/h2-3H,4-5H2,1H3. The number of imide groups is 1. The summed E-state index contributed by atoms with van der Waals surface area (Å²) in [5.74, 6) is -0.483. The minimum Gasteiger partial charge on any atom is -0.275 e. The molecule has 2 rings (SSSR count). The quantitative estimate of drug-likeness (QED) is 0.591. The van der Waals surface area contributed by atoms with Gasteiger partial charge in [-0.25, -0.2) is 0 Å². The maximum absolute atomic E-state index is 11.1. The normalized spacial score (nSPS) is 23.0. The molecule has 0 aliphatic carbocycles. The van der Waals surface area contributed by atoms with Gasteiger partial charge < -0.3 is 0 Å². The van der Waals surface area contributed by atoms with Gasteiger partial charge in [-0.2, -0.15) is 10.2 Å². The lowest BCUT2D eigenvalue weighted by atomic mass is 10.2. The average molecular weight is 179 g/mol. The first-order chi connectivity index (χ1) is 6.11. The molecule has 0 N–H and O–H groups in total. The second-order valence-corrected chi connectivity index (χ2v) is 3.33. The molecule has 0 aromatic rings. The zero-order valence-corrected chi connectivity index (χ0v) is 7.23. The fourth-order valence-electron chi connectivity index (χ4n) is 1.16. The Kier molecular flexibility index (Phi) is 1.55. The molecule has 2 amide bonds. The van der Waals surface area contributed by atoms with E-state index in [1.165, 1.54) is 17.1 Å². The van der Waals surface area contributed by atoms with Gasteiger partial charge in [0.15, 0.2) is 5.66 Å². The van der Waals surface area contributed by atoms with Crippen LogP contribution >= 0.6 is 0 Å². The van der Waals surface area contributed by atoms with E-state index in [4.69, 9.17) is 0 Å². The summed E-state index contributed by atoms with van der Waals surface area (Å²) in [6.45, 7) is 2.26. The predicted molar refractivity (Wildman–Crippen MR) is 43.7 cm³/mol. The van der Waals surface area contributed by atoms with Crippen molar-refractivity contribution < 1.29 is 9.59 Å². The van der Waals surface area contributed by atoms with Crippen LogP contribution in [0.25, 0.3) is 0 Å². The van der Waals surface area contributed by atoms with E-state index in [1.807, 2.05) is 6.92 Å². The van der Waals surface area contributed by atoms with Crippen LogP contribution in [0.15, 0.2) is 22.4 Å². The molecule has 2 aliphatic rings. The Labute approximate surface area is 75.1 Å². The Bertz CT molecular complexity index is 308. The second kappa shape index (κ2) is 2.48. The summed E-state index contributed by atoms with van der Waals surface area (Å²) < 4.78 is 0. The third-order valence-corrected chi connectivity index (χ3v) is 2.15. The molecule has 0 aromatic carbocycles. The van der Waals surface area contributed by atoms with Crippen molar-refractivity contribution in [1.82, 2.24) is 4.90 Å². The molecule has 0 unspecified atom stereocenters. The van der Waals surface area contributed by atoms with E-state index in [1.54, 1.807) is 0 Å². The lowest BCUT2D eigenvalue weighted by Gasteiger charge is -2.13. The Morgan fingerprint density at radius 1 is 1.31 bits per heavy atom. The molecule has 13 heavy (non-hydrogen) atoms. The van der Waals surface area contributed by atoms with Crippen molar-refractivity contribution >= 4 is 11.8 Å². The van der Waals surface area contributed by atoms with Crippen LogP contribution in [0.3, 0.4) is 0 Å². The van der Waals surface area contributed by atoms with Crippen molar-refractivity contribution in [3.8, 4) is 0 Å². The van der Waals surface area contributed by atoms with Gasteiger partial charge in [0.05, 0.1) is 0 Å². The summed E-state index contributed by atoms with van der Waals surface area (Å²) in [7, 11) is 0. The molecule has 0 aromatic heterocycles. The number of hydrogen-bond donors (Lipinski definition) is 0. The fraction of sp³-hybridized carbons (Fsp3) is 0.500. The molecule has 5 heteroatoms. The van der Waals surface area contributed by atoms with Gasteiger partial charge in [0.2, 0.25) is 0 Å². The minimum absolute atomic E-state index is 0.241. The largest absolute Gasteiger partial charge is 0.275 e. The van der Waals surface area contributed by atoms with Crippen LogP contribution in [0.4, 0.5) is 0 Å². The summed E-state index contributed by atoms with van der Waals surface area (Å²) in [4.78, 5) is 23.4. The highest BCUT2D eigenvalue weighted by atomic mass is 16.2. The summed E-state index contributed by atoms with van der Waals surface area (Å²) in [6.07, 6.45) is 3.18. The van der Waals surface area contributed by atoms with Crippen molar-refractivity contribution in [2.24, 2.45) is 10.2 Å². The molecular weight excluding hydrogens is 170 g/mol. The van der Waals surface area contributed by atoms with Crippen molar-refractivity contribution in [2.75, 3.05) is 6.54 Å². The number of amides is 2. The van der Waals surface area contributed by atoms with E-state index in [2.05, 4.69) is 10.2 Å². The number of rotatable bonds is 3. The highest BCUT2D eigenvalue weighted by molar-refractivity contribution is 6.12. The van der Waals surface area contributed by atoms with Crippen LogP contribution in [0, 0.1) is 0 Å². The number of carbonyl (C=O) groups is 2. The van der Waals surface area contributed by atoms with E-state index in [-0.39, 0.29) is 17.5 Å². The van der Waals surface area contributed by atoms with Gasteiger partial charge in [0.1, 0.15) is 0 Å². The molecule has 68 valence electrons. The molecule has 0 spiro atoms. The molecule has 2 heterocycles. The summed E-state index contributed by atoms with van der Waals surface area (Å²) >= 11 is 0. The van der Waals surface area contributed by atoms with Crippen LogP contribution in [0.2, 0.25) is 0 Å². The van der Waals surface area contributed by atoms with Crippen LogP contribution in [-0.4, -0.2) is 28.9 Å². The number of carbonyl (C=O) groups excluding carboxylic acids is 2. The van der Waals surface area contributed by atoms with Crippen molar-refractivity contribution in [3.63, 3.8) is 0 Å². The molecule has 0 saturated heterocycles.